The number of benzene rings is 2. The molecule has 0 spiro atoms. The van der Waals surface area contributed by atoms with Gasteiger partial charge in [0.25, 0.3) is 0 Å². The van der Waals surface area contributed by atoms with Crippen molar-refractivity contribution in [2.75, 3.05) is 5.73 Å². The summed E-state index contributed by atoms with van der Waals surface area (Å²) in [6.45, 7) is 0. The molecular weight excluding hydrogens is 292 g/mol. The monoisotopic (exact) mass is 301 g/mol. The predicted octanol–water partition coefficient (Wildman–Crippen LogP) is 3.51. The maximum absolute atomic E-state index is 13.1. The molecule has 0 aliphatic carbocycles. The summed E-state index contributed by atoms with van der Waals surface area (Å²) in [6.07, 6.45) is 0. The van der Waals surface area contributed by atoms with E-state index >= 15 is 0 Å². The van der Waals surface area contributed by atoms with E-state index in [1.165, 1.54) is 30.3 Å². The molecule has 2 aromatic rings. The molecule has 2 N–H and O–H groups in total. The first kappa shape index (κ1) is 14.0. The molecule has 19 heavy (non-hydrogen) atoms. The molecule has 0 radical (unpaired) electrons. The number of hydrogen-bond acceptors (Lipinski definition) is 2. The van der Waals surface area contributed by atoms with Crippen molar-refractivity contribution in [2.45, 2.75) is 10.6 Å². The summed E-state index contributed by atoms with van der Waals surface area (Å²) in [4.78, 5) is 0.223. The average Bonchev–Trinajstić information content (AvgIpc) is 2.36. The van der Waals surface area contributed by atoms with Crippen molar-refractivity contribution in [1.82, 2.24) is 0 Å². The van der Waals surface area contributed by atoms with Gasteiger partial charge in [0.15, 0.2) is 0 Å². The minimum absolute atomic E-state index is 0.0401. The number of nitrogen functional groups attached to an aromatic ring is 1. The second-order valence-electron chi connectivity index (χ2n) is 3.92. The van der Waals surface area contributed by atoms with Crippen molar-refractivity contribution in [3.8, 4) is 0 Å². The van der Waals surface area contributed by atoms with E-state index in [9.17, 15) is 13.0 Å². The van der Waals surface area contributed by atoms with Gasteiger partial charge in [0.05, 0.1) is 26.5 Å². The van der Waals surface area contributed by atoms with Gasteiger partial charge in [0.1, 0.15) is 11.6 Å². The normalized spacial score (nSPS) is 12.4. The molecule has 0 heterocycles. The molecule has 0 amide bonds. The third kappa shape index (κ3) is 3.30. The van der Waals surface area contributed by atoms with Crippen LogP contribution < -0.4 is 5.73 Å². The van der Waals surface area contributed by atoms with Crippen molar-refractivity contribution >= 4 is 28.1 Å². The van der Waals surface area contributed by atoms with Gasteiger partial charge < -0.3 is 5.73 Å². The molecule has 100 valence electrons. The fraction of sp³-hybridized carbons (Fsp3) is 0.0769. The van der Waals surface area contributed by atoms with Crippen molar-refractivity contribution in [3.05, 3.63) is 58.6 Å². The third-order valence-corrected chi connectivity index (χ3v) is 4.23. The van der Waals surface area contributed by atoms with E-state index < -0.39 is 22.4 Å². The Morgan fingerprint density at radius 2 is 1.89 bits per heavy atom. The summed E-state index contributed by atoms with van der Waals surface area (Å²) >= 11 is 5.64. The zero-order valence-electron chi connectivity index (χ0n) is 9.70. The SMILES string of the molecule is Nc1ccc(F)cc1S(=O)Cc1ccc(F)c(Cl)c1. The standard InChI is InChI=1S/C13H10ClF2NOS/c14-10-5-8(1-3-11(10)16)7-19(18)13-6-9(15)2-4-12(13)17/h1-6H,7,17H2. The predicted molar refractivity (Wildman–Crippen MR) is 72.3 cm³/mol. The zero-order chi connectivity index (χ0) is 14.0. The van der Waals surface area contributed by atoms with E-state index in [2.05, 4.69) is 0 Å². The van der Waals surface area contributed by atoms with E-state index in [0.29, 0.717) is 5.56 Å². The molecule has 0 fully saturated rings. The summed E-state index contributed by atoms with van der Waals surface area (Å²) < 4.78 is 38.2. The summed E-state index contributed by atoms with van der Waals surface area (Å²) in [5, 5.41) is -0.0401. The summed E-state index contributed by atoms with van der Waals surface area (Å²) in [6, 6.07) is 7.77. The van der Waals surface area contributed by atoms with Crippen LogP contribution >= 0.6 is 11.6 Å². The van der Waals surface area contributed by atoms with Gasteiger partial charge in [-0.1, -0.05) is 17.7 Å². The number of halogens is 3. The fourth-order valence-corrected chi connectivity index (χ4v) is 2.98. The molecular formula is C13H10ClF2NOS. The van der Waals surface area contributed by atoms with Crippen LogP contribution in [0.2, 0.25) is 5.02 Å². The lowest BCUT2D eigenvalue weighted by Gasteiger charge is -2.06. The Morgan fingerprint density at radius 1 is 1.16 bits per heavy atom. The van der Waals surface area contributed by atoms with Crippen LogP contribution in [0.5, 0.6) is 0 Å². The first-order chi connectivity index (χ1) is 8.97. The van der Waals surface area contributed by atoms with Crippen LogP contribution in [-0.2, 0) is 16.6 Å². The molecule has 0 bridgehead atoms. The summed E-state index contributed by atoms with van der Waals surface area (Å²) in [7, 11) is -1.52. The van der Waals surface area contributed by atoms with E-state index in [-0.39, 0.29) is 21.4 Å². The van der Waals surface area contributed by atoms with Crippen LogP contribution in [0, 0.1) is 11.6 Å². The highest BCUT2D eigenvalue weighted by Gasteiger charge is 2.11. The van der Waals surface area contributed by atoms with Gasteiger partial charge in [-0.05, 0) is 35.9 Å². The molecule has 6 heteroatoms. The Balaban J connectivity index is 2.25. The minimum atomic E-state index is -1.52. The second-order valence-corrected chi connectivity index (χ2v) is 5.75. The van der Waals surface area contributed by atoms with Gasteiger partial charge in [-0.15, -0.1) is 0 Å². The molecule has 0 aromatic heterocycles. The van der Waals surface area contributed by atoms with E-state index in [1.54, 1.807) is 0 Å². The Labute approximate surface area is 116 Å². The largest absolute Gasteiger partial charge is 0.398 e. The topological polar surface area (TPSA) is 43.1 Å². The summed E-state index contributed by atoms with van der Waals surface area (Å²) in [5.74, 6) is -0.954. The Kier molecular flexibility index (Phi) is 4.17. The Hall–Kier alpha value is -1.46. The second kappa shape index (κ2) is 5.67. The van der Waals surface area contributed by atoms with Gasteiger partial charge in [-0.3, -0.25) is 4.21 Å². The van der Waals surface area contributed by atoms with Crippen molar-refractivity contribution in [3.63, 3.8) is 0 Å². The highest BCUT2D eigenvalue weighted by atomic mass is 35.5. The van der Waals surface area contributed by atoms with Crippen LogP contribution in [0.3, 0.4) is 0 Å². The van der Waals surface area contributed by atoms with Crippen LogP contribution in [0.15, 0.2) is 41.3 Å². The van der Waals surface area contributed by atoms with Gasteiger partial charge in [0.2, 0.25) is 0 Å². The lowest BCUT2D eigenvalue weighted by atomic mass is 10.2. The maximum atomic E-state index is 13.1. The number of nitrogens with two attached hydrogens (primary N) is 1. The maximum Gasteiger partial charge on any atom is 0.141 e. The highest BCUT2D eigenvalue weighted by Crippen LogP contribution is 2.22. The van der Waals surface area contributed by atoms with Crippen LogP contribution in [0.25, 0.3) is 0 Å². The lowest BCUT2D eigenvalue weighted by Crippen LogP contribution is -2.02. The van der Waals surface area contributed by atoms with Crippen LogP contribution in [-0.4, -0.2) is 4.21 Å². The molecule has 1 atom stereocenters. The lowest BCUT2D eigenvalue weighted by molar-refractivity contribution is 0.623. The van der Waals surface area contributed by atoms with E-state index in [4.69, 9.17) is 17.3 Å². The molecule has 2 nitrogen and oxygen atoms in total. The molecule has 2 rings (SSSR count). The van der Waals surface area contributed by atoms with Gasteiger partial charge in [0, 0.05) is 5.69 Å². The molecule has 0 aliphatic heterocycles. The summed E-state index contributed by atoms with van der Waals surface area (Å²) in [5.41, 5.74) is 6.50. The molecule has 1 unspecified atom stereocenters. The van der Waals surface area contributed by atoms with Gasteiger partial charge in [-0.2, -0.15) is 0 Å². The smallest absolute Gasteiger partial charge is 0.141 e. The van der Waals surface area contributed by atoms with Gasteiger partial charge in [-0.25, -0.2) is 8.78 Å². The highest BCUT2D eigenvalue weighted by molar-refractivity contribution is 7.84. The van der Waals surface area contributed by atoms with Crippen molar-refractivity contribution in [2.24, 2.45) is 0 Å². The molecule has 0 saturated carbocycles. The molecule has 0 saturated heterocycles. The van der Waals surface area contributed by atoms with E-state index in [0.717, 1.165) is 6.07 Å². The van der Waals surface area contributed by atoms with E-state index in [1.807, 2.05) is 0 Å². The number of hydrogen-bond donors (Lipinski definition) is 1. The minimum Gasteiger partial charge on any atom is -0.398 e. The van der Waals surface area contributed by atoms with Crippen LogP contribution in [0.4, 0.5) is 14.5 Å². The van der Waals surface area contributed by atoms with Crippen molar-refractivity contribution in [1.29, 1.82) is 0 Å². The molecule has 2 aromatic carbocycles. The number of rotatable bonds is 3. The van der Waals surface area contributed by atoms with Crippen LogP contribution in [0.1, 0.15) is 5.56 Å². The first-order valence-electron chi connectivity index (χ1n) is 5.34. The number of anilines is 1. The zero-order valence-corrected chi connectivity index (χ0v) is 11.3. The third-order valence-electron chi connectivity index (χ3n) is 2.50. The Morgan fingerprint density at radius 3 is 2.58 bits per heavy atom. The molecule has 0 aliphatic rings. The van der Waals surface area contributed by atoms with Gasteiger partial charge >= 0.3 is 0 Å². The first-order valence-corrected chi connectivity index (χ1v) is 7.04. The average molecular weight is 302 g/mol. The fourth-order valence-electron chi connectivity index (χ4n) is 1.56. The Bertz CT molecular complexity index is 649. The van der Waals surface area contributed by atoms with Crippen molar-refractivity contribution < 1.29 is 13.0 Å². The quantitative estimate of drug-likeness (QED) is 0.882.